The first-order valence-corrected chi connectivity index (χ1v) is 8.34. The number of hydrogen-bond acceptors (Lipinski definition) is 0. The SMILES string of the molecule is CC(C)C(C)C(CC1CCCC(C)C1C)C(C)C. The molecule has 0 aromatic carbocycles. The maximum Gasteiger partial charge on any atom is -0.0360 e. The summed E-state index contributed by atoms with van der Waals surface area (Å²) in [4.78, 5) is 0. The summed E-state index contributed by atoms with van der Waals surface area (Å²) in [7, 11) is 0. The van der Waals surface area contributed by atoms with Gasteiger partial charge in [0, 0.05) is 0 Å². The lowest BCUT2D eigenvalue weighted by atomic mass is 9.66. The van der Waals surface area contributed by atoms with Gasteiger partial charge < -0.3 is 0 Å². The van der Waals surface area contributed by atoms with E-state index in [-0.39, 0.29) is 0 Å². The molecular weight excluding hydrogens is 216 g/mol. The van der Waals surface area contributed by atoms with Crippen molar-refractivity contribution in [1.29, 1.82) is 0 Å². The lowest BCUT2D eigenvalue weighted by Crippen LogP contribution is -2.31. The fourth-order valence-electron chi connectivity index (χ4n) is 3.96. The standard InChI is InChI=1S/C18H36/c1-12(2)15(6)18(13(3)4)11-17-10-8-9-14(5)16(17)7/h12-18H,8-11H2,1-7H3. The van der Waals surface area contributed by atoms with Gasteiger partial charge in [-0.05, 0) is 47.8 Å². The molecule has 18 heavy (non-hydrogen) atoms. The van der Waals surface area contributed by atoms with Crippen molar-refractivity contribution in [3.8, 4) is 0 Å². The Morgan fingerprint density at radius 1 is 0.889 bits per heavy atom. The molecule has 1 rings (SSSR count). The lowest BCUT2D eigenvalue weighted by molar-refractivity contribution is 0.105. The maximum atomic E-state index is 2.51. The van der Waals surface area contributed by atoms with Crippen LogP contribution >= 0.6 is 0 Å². The zero-order chi connectivity index (χ0) is 13.9. The highest BCUT2D eigenvalue weighted by Crippen LogP contribution is 2.41. The van der Waals surface area contributed by atoms with Crippen molar-refractivity contribution in [2.24, 2.45) is 41.4 Å². The Morgan fingerprint density at radius 3 is 2.00 bits per heavy atom. The molecule has 0 bridgehead atoms. The quantitative estimate of drug-likeness (QED) is 0.562. The molecule has 0 N–H and O–H groups in total. The predicted molar refractivity (Wildman–Crippen MR) is 82.6 cm³/mol. The zero-order valence-electron chi connectivity index (χ0n) is 13.9. The maximum absolute atomic E-state index is 2.51. The Bertz CT molecular complexity index is 228. The van der Waals surface area contributed by atoms with E-state index in [1.807, 2.05) is 0 Å². The van der Waals surface area contributed by atoms with E-state index in [1.165, 1.54) is 25.7 Å². The molecule has 0 aromatic rings. The summed E-state index contributed by atoms with van der Waals surface area (Å²) in [6, 6.07) is 0. The van der Waals surface area contributed by atoms with Crippen molar-refractivity contribution < 1.29 is 0 Å². The van der Waals surface area contributed by atoms with Gasteiger partial charge in [0.05, 0.1) is 0 Å². The predicted octanol–water partition coefficient (Wildman–Crippen LogP) is 6.01. The number of rotatable bonds is 5. The smallest absolute Gasteiger partial charge is 0.0360 e. The van der Waals surface area contributed by atoms with E-state index in [9.17, 15) is 0 Å². The minimum absolute atomic E-state index is 0.828. The van der Waals surface area contributed by atoms with E-state index in [2.05, 4.69) is 48.5 Å². The summed E-state index contributed by atoms with van der Waals surface area (Å²) >= 11 is 0. The minimum atomic E-state index is 0.828. The van der Waals surface area contributed by atoms with Gasteiger partial charge in [-0.25, -0.2) is 0 Å². The van der Waals surface area contributed by atoms with Crippen molar-refractivity contribution in [2.45, 2.75) is 74.1 Å². The molecule has 5 atom stereocenters. The third kappa shape index (κ3) is 4.00. The Kier molecular flexibility index (Phi) is 6.21. The van der Waals surface area contributed by atoms with E-state index in [0.717, 1.165) is 41.4 Å². The van der Waals surface area contributed by atoms with Crippen molar-refractivity contribution in [1.82, 2.24) is 0 Å². The lowest BCUT2D eigenvalue weighted by Gasteiger charge is -2.39. The van der Waals surface area contributed by atoms with E-state index >= 15 is 0 Å². The Hall–Kier alpha value is 0. The second-order valence-electron chi connectivity index (χ2n) is 7.77. The van der Waals surface area contributed by atoms with Crippen LogP contribution in [0.1, 0.15) is 74.1 Å². The van der Waals surface area contributed by atoms with Crippen LogP contribution in [0.2, 0.25) is 0 Å². The summed E-state index contributed by atoms with van der Waals surface area (Å²) in [6.45, 7) is 17.1. The molecule has 0 aliphatic heterocycles. The first kappa shape index (κ1) is 16.1. The molecule has 108 valence electrons. The average Bonchev–Trinajstić information content (AvgIpc) is 2.29. The second kappa shape index (κ2) is 6.96. The fourth-order valence-corrected chi connectivity index (χ4v) is 3.96. The molecule has 1 saturated carbocycles. The van der Waals surface area contributed by atoms with Crippen LogP contribution in [0.4, 0.5) is 0 Å². The molecule has 5 unspecified atom stereocenters. The van der Waals surface area contributed by atoms with Crippen LogP contribution in [0.5, 0.6) is 0 Å². The molecule has 1 aliphatic rings. The normalized spacial score (nSPS) is 32.8. The molecule has 0 radical (unpaired) electrons. The third-order valence-corrected chi connectivity index (χ3v) is 6.03. The number of hydrogen-bond donors (Lipinski definition) is 0. The van der Waals surface area contributed by atoms with E-state index < -0.39 is 0 Å². The van der Waals surface area contributed by atoms with Gasteiger partial charge in [0.1, 0.15) is 0 Å². The highest BCUT2D eigenvalue weighted by atomic mass is 14.4. The largest absolute Gasteiger partial charge is 0.0625 e. The molecule has 0 aromatic heterocycles. The van der Waals surface area contributed by atoms with E-state index in [1.54, 1.807) is 0 Å². The first-order valence-electron chi connectivity index (χ1n) is 8.34. The molecule has 1 aliphatic carbocycles. The summed E-state index contributed by atoms with van der Waals surface area (Å²) in [5.41, 5.74) is 0. The van der Waals surface area contributed by atoms with Crippen LogP contribution in [0, 0.1) is 41.4 Å². The molecule has 0 spiro atoms. The molecule has 0 saturated heterocycles. The van der Waals surface area contributed by atoms with Gasteiger partial charge in [0.2, 0.25) is 0 Å². The van der Waals surface area contributed by atoms with Crippen LogP contribution in [0.25, 0.3) is 0 Å². The van der Waals surface area contributed by atoms with Gasteiger partial charge >= 0.3 is 0 Å². The summed E-state index contributed by atoms with van der Waals surface area (Å²) in [6.07, 6.45) is 5.89. The molecule has 0 nitrogen and oxygen atoms in total. The fraction of sp³-hybridized carbons (Fsp3) is 1.00. The summed E-state index contributed by atoms with van der Waals surface area (Å²) < 4.78 is 0. The van der Waals surface area contributed by atoms with Gasteiger partial charge in [-0.1, -0.05) is 67.7 Å². The summed E-state index contributed by atoms with van der Waals surface area (Å²) in [5, 5.41) is 0. The van der Waals surface area contributed by atoms with Crippen LogP contribution in [0.15, 0.2) is 0 Å². The van der Waals surface area contributed by atoms with Gasteiger partial charge in [-0.3, -0.25) is 0 Å². The topological polar surface area (TPSA) is 0 Å². The Balaban J connectivity index is 2.65. The third-order valence-electron chi connectivity index (χ3n) is 6.03. The minimum Gasteiger partial charge on any atom is -0.0625 e. The molecule has 1 fully saturated rings. The highest BCUT2D eigenvalue weighted by Gasteiger charge is 2.32. The average molecular weight is 252 g/mol. The van der Waals surface area contributed by atoms with Crippen molar-refractivity contribution in [3.63, 3.8) is 0 Å². The highest BCUT2D eigenvalue weighted by molar-refractivity contribution is 4.82. The molecule has 0 heteroatoms. The van der Waals surface area contributed by atoms with Crippen LogP contribution < -0.4 is 0 Å². The van der Waals surface area contributed by atoms with Crippen molar-refractivity contribution in [2.75, 3.05) is 0 Å². The van der Waals surface area contributed by atoms with Gasteiger partial charge in [0.15, 0.2) is 0 Å². The zero-order valence-corrected chi connectivity index (χ0v) is 13.9. The van der Waals surface area contributed by atoms with E-state index in [4.69, 9.17) is 0 Å². The van der Waals surface area contributed by atoms with Gasteiger partial charge in [0.25, 0.3) is 0 Å². The van der Waals surface area contributed by atoms with Crippen molar-refractivity contribution >= 4 is 0 Å². The van der Waals surface area contributed by atoms with Gasteiger partial charge in [-0.2, -0.15) is 0 Å². The Labute approximate surface area is 116 Å². The molecular formula is C18H36. The second-order valence-corrected chi connectivity index (χ2v) is 7.77. The molecule has 0 heterocycles. The van der Waals surface area contributed by atoms with Crippen LogP contribution in [-0.2, 0) is 0 Å². The van der Waals surface area contributed by atoms with Gasteiger partial charge in [-0.15, -0.1) is 0 Å². The summed E-state index contributed by atoms with van der Waals surface area (Å²) in [5.74, 6) is 6.34. The van der Waals surface area contributed by atoms with Crippen LogP contribution in [0.3, 0.4) is 0 Å². The first-order chi connectivity index (χ1) is 8.34. The monoisotopic (exact) mass is 252 g/mol. The van der Waals surface area contributed by atoms with Crippen molar-refractivity contribution in [3.05, 3.63) is 0 Å². The Morgan fingerprint density at radius 2 is 1.50 bits per heavy atom. The molecule has 0 amide bonds. The van der Waals surface area contributed by atoms with Crippen LogP contribution in [-0.4, -0.2) is 0 Å². The van der Waals surface area contributed by atoms with E-state index in [0.29, 0.717) is 0 Å².